The summed E-state index contributed by atoms with van der Waals surface area (Å²) in [6, 6.07) is 18.5. The molecule has 2 nitrogen and oxygen atoms in total. The van der Waals surface area contributed by atoms with Crippen LogP contribution in [0.2, 0.25) is 0 Å². The molecule has 5 aromatic rings. The first kappa shape index (κ1) is 23.7. The number of hydrogen-bond donors (Lipinski definition) is 0. The Balaban J connectivity index is 1.62. The first-order valence-electron chi connectivity index (χ1n) is 14.4. The fourth-order valence-electron chi connectivity index (χ4n) is 7.44. The van der Waals surface area contributed by atoms with Gasteiger partial charge < -0.3 is 4.74 Å². The van der Waals surface area contributed by atoms with E-state index in [1.54, 1.807) is 0 Å². The minimum atomic E-state index is -0.0701. The number of nitrogens with zero attached hydrogens (tertiary/aromatic N) is 1. The van der Waals surface area contributed by atoms with Crippen LogP contribution in [0.15, 0.2) is 54.7 Å². The van der Waals surface area contributed by atoms with Gasteiger partial charge >= 0.3 is 0 Å². The molecule has 1 aliphatic heterocycles. The van der Waals surface area contributed by atoms with Crippen molar-refractivity contribution < 1.29 is 9.30 Å². The van der Waals surface area contributed by atoms with E-state index >= 15 is 0 Å². The normalized spacial score (nSPS) is 15.7. The average molecular weight is 501 g/mol. The highest BCUT2D eigenvalue weighted by Crippen LogP contribution is 2.54. The fraction of sp³-hybridized carbons (Fsp3) is 0.361. The molecule has 0 bridgehead atoms. The van der Waals surface area contributed by atoms with E-state index in [4.69, 9.17) is 4.74 Å². The molecule has 0 spiro atoms. The molecule has 1 aliphatic carbocycles. The first-order chi connectivity index (χ1) is 18.2. The molecule has 192 valence electrons. The Kier molecular flexibility index (Phi) is 5.18. The summed E-state index contributed by atoms with van der Waals surface area (Å²) < 4.78 is 9.43. The van der Waals surface area contributed by atoms with Crippen molar-refractivity contribution in [2.75, 3.05) is 0 Å². The minimum absolute atomic E-state index is 0.0701. The predicted molar refractivity (Wildman–Crippen MR) is 160 cm³/mol. The topological polar surface area (TPSA) is 13.1 Å². The van der Waals surface area contributed by atoms with E-state index in [-0.39, 0.29) is 5.41 Å². The van der Waals surface area contributed by atoms with Crippen LogP contribution in [0.4, 0.5) is 0 Å². The number of benzene rings is 4. The van der Waals surface area contributed by atoms with Gasteiger partial charge in [-0.2, -0.15) is 0 Å². The summed E-state index contributed by atoms with van der Waals surface area (Å²) in [5.41, 5.74) is 7.85. The number of aromatic nitrogens is 1. The number of aryl methyl sites for hydroxylation is 3. The van der Waals surface area contributed by atoms with E-state index in [9.17, 15) is 0 Å². The van der Waals surface area contributed by atoms with Crippen molar-refractivity contribution in [2.24, 2.45) is 7.05 Å². The Labute approximate surface area is 226 Å². The third kappa shape index (κ3) is 3.35. The van der Waals surface area contributed by atoms with Gasteiger partial charge in [-0.15, -0.1) is 0 Å². The summed E-state index contributed by atoms with van der Waals surface area (Å²) in [5.74, 6) is 2.69. The van der Waals surface area contributed by atoms with Gasteiger partial charge in [0.15, 0.2) is 6.20 Å². The summed E-state index contributed by atoms with van der Waals surface area (Å²) >= 11 is 0. The summed E-state index contributed by atoms with van der Waals surface area (Å²) in [6.45, 7) is 11.4. The lowest BCUT2D eigenvalue weighted by Gasteiger charge is -2.31. The number of fused-ring (bicyclic) bond motifs is 5. The molecule has 1 saturated carbocycles. The third-order valence-corrected chi connectivity index (χ3v) is 9.20. The van der Waals surface area contributed by atoms with Crippen molar-refractivity contribution in [1.82, 2.24) is 0 Å². The van der Waals surface area contributed by atoms with Gasteiger partial charge in [0, 0.05) is 17.0 Å². The molecule has 1 fully saturated rings. The first-order valence-corrected chi connectivity index (χ1v) is 14.4. The van der Waals surface area contributed by atoms with E-state index in [2.05, 4.69) is 101 Å². The third-order valence-electron chi connectivity index (χ3n) is 9.20. The summed E-state index contributed by atoms with van der Waals surface area (Å²) in [6.07, 6.45) is 8.89. The Morgan fingerprint density at radius 3 is 2.37 bits per heavy atom. The standard InChI is InChI=1S/C36H38NO/c1-21-15-16-27-28(19-21)22(2)31-34-32-26(17-18-37(34)6)25-14-10-13-24(23-11-8-7-9-12-23)29(25)20-30(32)38-35(31)33(27)36(3,4)5/h10,13-20,23H,7-9,11-12H2,1-6H3/q+1. The van der Waals surface area contributed by atoms with E-state index in [0.717, 1.165) is 11.5 Å². The second-order valence-corrected chi connectivity index (χ2v) is 12.8. The zero-order valence-electron chi connectivity index (χ0n) is 23.7. The molecular formula is C36H38NO+. The zero-order chi connectivity index (χ0) is 26.3. The molecule has 0 N–H and O–H groups in total. The Hall–Kier alpha value is -3.39. The van der Waals surface area contributed by atoms with Crippen molar-refractivity contribution in [1.29, 1.82) is 0 Å². The molecule has 2 aliphatic rings. The van der Waals surface area contributed by atoms with Crippen molar-refractivity contribution >= 4 is 32.3 Å². The second-order valence-electron chi connectivity index (χ2n) is 12.8. The van der Waals surface area contributed by atoms with E-state index in [0.29, 0.717) is 5.92 Å². The van der Waals surface area contributed by atoms with Crippen LogP contribution in [0, 0.1) is 13.8 Å². The van der Waals surface area contributed by atoms with Gasteiger partial charge in [0.2, 0.25) is 5.69 Å². The van der Waals surface area contributed by atoms with Crippen LogP contribution in [0.25, 0.3) is 43.6 Å². The fourth-order valence-corrected chi connectivity index (χ4v) is 7.44. The highest BCUT2D eigenvalue weighted by molar-refractivity contribution is 6.17. The minimum Gasteiger partial charge on any atom is -0.455 e. The van der Waals surface area contributed by atoms with Crippen LogP contribution >= 0.6 is 0 Å². The molecule has 2 heteroatoms. The molecule has 0 amide bonds. The number of rotatable bonds is 1. The number of hydrogen-bond acceptors (Lipinski definition) is 1. The van der Waals surface area contributed by atoms with Crippen LogP contribution < -0.4 is 9.30 Å². The highest BCUT2D eigenvalue weighted by Gasteiger charge is 2.36. The van der Waals surface area contributed by atoms with Gasteiger partial charge in [0.05, 0.1) is 10.9 Å². The Morgan fingerprint density at radius 1 is 0.816 bits per heavy atom. The van der Waals surface area contributed by atoms with Gasteiger partial charge in [-0.25, -0.2) is 4.57 Å². The van der Waals surface area contributed by atoms with Gasteiger partial charge in [-0.1, -0.05) is 82.0 Å². The molecule has 2 heterocycles. The van der Waals surface area contributed by atoms with E-state index in [1.807, 2.05) is 0 Å². The molecule has 38 heavy (non-hydrogen) atoms. The van der Waals surface area contributed by atoms with Crippen molar-refractivity contribution in [3.05, 3.63) is 77.0 Å². The SMILES string of the molecule is Cc1ccc2c(C(C)(C)C)c3c(c(C)c2c1)-c1c2c(cc4c(C5CCCCC5)cccc4c2cc[n+]1C)O3. The van der Waals surface area contributed by atoms with E-state index in [1.165, 1.54) is 97.9 Å². The quantitative estimate of drug-likeness (QED) is 0.162. The van der Waals surface area contributed by atoms with Crippen LogP contribution in [0.3, 0.4) is 0 Å². The lowest BCUT2D eigenvalue weighted by Crippen LogP contribution is -2.32. The number of pyridine rings is 1. The van der Waals surface area contributed by atoms with Crippen LogP contribution in [-0.2, 0) is 12.5 Å². The second kappa shape index (κ2) is 8.30. The lowest BCUT2D eigenvalue weighted by molar-refractivity contribution is -0.659. The molecule has 4 aromatic carbocycles. The smallest absolute Gasteiger partial charge is 0.228 e. The highest BCUT2D eigenvalue weighted by atomic mass is 16.5. The molecule has 0 saturated heterocycles. The van der Waals surface area contributed by atoms with Gasteiger partial charge in [-0.05, 0) is 76.8 Å². The molecule has 0 atom stereocenters. The molecule has 0 radical (unpaired) electrons. The Bertz CT molecular complexity index is 1780. The van der Waals surface area contributed by atoms with Crippen LogP contribution in [0.1, 0.15) is 81.0 Å². The van der Waals surface area contributed by atoms with Crippen molar-refractivity contribution in [3.63, 3.8) is 0 Å². The maximum atomic E-state index is 7.12. The molecule has 1 aromatic heterocycles. The van der Waals surface area contributed by atoms with Crippen LogP contribution in [0.5, 0.6) is 11.5 Å². The van der Waals surface area contributed by atoms with Crippen LogP contribution in [-0.4, -0.2) is 0 Å². The van der Waals surface area contributed by atoms with E-state index < -0.39 is 0 Å². The van der Waals surface area contributed by atoms with Gasteiger partial charge in [-0.3, -0.25) is 0 Å². The maximum absolute atomic E-state index is 7.12. The summed E-state index contributed by atoms with van der Waals surface area (Å²) in [5, 5.41) is 7.90. The number of ether oxygens (including phenoxy) is 1. The Morgan fingerprint density at radius 2 is 1.61 bits per heavy atom. The summed E-state index contributed by atoms with van der Waals surface area (Å²) in [4.78, 5) is 0. The monoisotopic (exact) mass is 500 g/mol. The van der Waals surface area contributed by atoms with Gasteiger partial charge in [0.25, 0.3) is 0 Å². The summed E-state index contributed by atoms with van der Waals surface area (Å²) in [7, 11) is 2.19. The predicted octanol–water partition coefficient (Wildman–Crippen LogP) is 9.71. The largest absolute Gasteiger partial charge is 0.455 e. The molecule has 0 unspecified atom stereocenters. The average Bonchev–Trinajstić information content (AvgIpc) is 2.89. The lowest BCUT2D eigenvalue weighted by atomic mass is 9.78. The maximum Gasteiger partial charge on any atom is 0.228 e. The zero-order valence-corrected chi connectivity index (χ0v) is 23.7. The van der Waals surface area contributed by atoms with Crippen molar-refractivity contribution in [2.45, 2.75) is 78.1 Å². The molecule has 7 rings (SSSR count). The van der Waals surface area contributed by atoms with Gasteiger partial charge in [0.1, 0.15) is 18.5 Å². The van der Waals surface area contributed by atoms with Crippen molar-refractivity contribution in [3.8, 4) is 22.8 Å². The molecular weight excluding hydrogens is 462 g/mol.